The molecule has 10 nitrogen and oxygen atoms in total. The molecule has 0 bridgehead atoms. The van der Waals surface area contributed by atoms with Crippen LogP contribution in [0.3, 0.4) is 0 Å². The molecule has 1 saturated carbocycles. The van der Waals surface area contributed by atoms with Crippen LogP contribution in [0.25, 0.3) is 21.6 Å². The van der Waals surface area contributed by atoms with Gasteiger partial charge >= 0.3 is 6.18 Å². The molecule has 0 radical (unpaired) electrons. The molecule has 3 aromatic rings. The molecule has 2 aromatic heterocycles. The quantitative estimate of drug-likeness (QED) is 0.402. The van der Waals surface area contributed by atoms with Crippen LogP contribution in [0.4, 0.5) is 27.6 Å². The Labute approximate surface area is 228 Å². The SMILES string of the molecule is N#CC1(NS(=O)(=O)c2cc(N3CC4(CCOCC4)C3)c3c(c2)c(-c2nnc(C(F)F)s2)nn3CC(F)(F)F)CC1. The van der Waals surface area contributed by atoms with E-state index >= 15 is 0 Å². The molecule has 3 aliphatic rings. The number of rotatable bonds is 7. The molecule has 1 N–H and O–H groups in total. The van der Waals surface area contributed by atoms with Gasteiger partial charge in [-0.25, -0.2) is 17.2 Å². The Kier molecular flexibility index (Phi) is 6.33. The summed E-state index contributed by atoms with van der Waals surface area (Å²) in [6.07, 6.45) is -5.48. The van der Waals surface area contributed by atoms with E-state index in [2.05, 4.69) is 20.0 Å². The smallest absolute Gasteiger partial charge is 0.381 e. The van der Waals surface area contributed by atoms with E-state index in [0.29, 0.717) is 55.2 Å². The molecule has 0 unspecified atom stereocenters. The number of fused-ring (bicyclic) bond motifs is 1. The second kappa shape index (κ2) is 9.29. The fourth-order valence-corrected chi connectivity index (χ4v) is 7.38. The number of nitrogens with one attached hydrogen (secondary N) is 1. The maximum absolute atomic E-state index is 13.7. The Morgan fingerprint density at radius 3 is 2.42 bits per heavy atom. The van der Waals surface area contributed by atoms with Crippen molar-refractivity contribution in [2.45, 2.75) is 55.3 Å². The molecule has 0 amide bonds. The van der Waals surface area contributed by atoms with Crippen molar-refractivity contribution in [3.05, 3.63) is 17.1 Å². The summed E-state index contributed by atoms with van der Waals surface area (Å²) in [5, 5.41) is 19.8. The van der Waals surface area contributed by atoms with E-state index in [1.54, 1.807) is 4.90 Å². The van der Waals surface area contributed by atoms with Gasteiger partial charge in [0.1, 0.15) is 17.8 Å². The summed E-state index contributed by atoms with van der Waals surface area (Å²) >= 11 is 0.464. The Balaban J connectivity index is 1.54. The van der Waals surface area contributed by atoms with E-state index in [-0.39, 0.29) is 37.6 Å². The van der Waals surface area contributed by atoms with E-state index in [1.807, 2.05) is 6.07 Å². The zero-order chi connectivity index (χ0) is 28.5. The molecule has 4 heterocycles. The summed E-state index contributed by atoms with van der Waals surface area (Å²) in [6.45, 7) is 0.539. The predicted octanol–water partition coefficient (Wildman–Crippen LogP) is 4.01. The normalized spacial score (nSPS) is 20.2. The van der Waals surface area contributed by atoms with Crippen molar-refractivity contribution < 1.29 is 35.1 Å². The van der Waals surface area contributed by atoms with Crippen molar-refractivity contribution >= 4 is 38.0 Å². The van der Waals surface area contributed by atoms with Crippen LogP contribution in [0.5, 0.6) is 0 Å². The minimum Gasteiger partial charge on any atom is -0.381 e. The van der Waals surface area contributed by atoms with Crippen LogP contribution in [0, 0.1) is 16.7 Å². The van der Waals surface area contributed by atoms with Crippen LogP contribution in [-0.4, -0.2) is 66.4 Å². The molecule has 40 heavy (non-hydrogen) atoms. The van der Waals surface area contributed by atoms with Gasteiger partial charge in [-0.1, -0.05) is 11.3 Å². The third kappa shape index (κ3) is 4.91. The Morgan fingerprint density at radius 2 is 1.85 bits per heavy atom. The number of alkyl halides is 5. The van der Waals surface area contributed by atoms with Crippen molar-refractivity contribution in [1.82, 2.24) is 24.7 Å². The lowest BCUT2D eigenvalue weighted by Crippen LogP contribution is -2.58. The van der Waals surface area contributed by atoms with Gasteiger partial charge in [-0.3, -0.25) is 4.68 Å². The van der Waals surface area contributed by atoms with E-state index in [4.69, 9.17) is 4.74 Å². The average Bonchev–Trinajstić information content (AvgIpc) is 3.29. The molecule has 0 atom stereocenters. The van der Waals surface area contributed by atoms with E-state index in [0.717, 1.165) is 18.9 Å². The van der Waals surface area contributed by atoms with Gasteiger partial charge < -0.3 is 9.64 Å². The van der Waals surface area contributed by atoms with E-state index in [1.165, 1.54) is 6.07 Å². The molecular formula is C23H22F5N7O3S2. The van der Waals surface area contributed by atoms with Gasteiger partial charge in [-0.2, -0.15) is 28.3 Å². The first-order chi connectivity index (χ1) is 18.8. The van der Waals surface area contributed by atoms with Gasteiger partial charge in [0, 0.05) is 37.1 Å². The van der Waals surface area contributed by atoms with Gasteiger partial charge in [0.2, 0.25) is 10.0 Å². The van der Waals surface area contributed by atoms with Crippen molar-refractivity contribution in [2.75, 3.05) is 31.2 Å². The molecule has 17 heteroatoms. The number of ether oxygens (including phenoxy) is 1. The van der Waals surface area contributed by atoms with Crippen LogP contribution in [-0.2, 0) is 21.3 Å². The number of anilines is 1. The highest BCUT2D eigenvalue weighted by Gasteiger charge is 2.48. The third-order valence-electron chi connectivity index (χ3n) is 7.51. The zero-order valence-corrected chi connectivity index (χ0v) is 22.3. The van der Waals surface area contributed by atoms with Crippen molar-refractivity contribution in [3.63, 3.8) is 0 Å². The lowest BCUT2D eigenvalue weighted by Gasteiger charge is -2.53. The maximum atomic E-state index is 13.7. The van der Waals surface area contributed by atoms with E-state index < -0.39 is 39.7 Å². The average molecular weight is 604 g/mol. The maximum Gasteiger partial charge on any atom is 0.408 e. The van der Waals surface area contributed by atoms with Crippen LogP contribution in [0.1, 0.15) is 37.1 Å². The van der Waals surface area contributed by atoms with Crippen molar-refractivity contribution in [3.8, 4) is 16.8 Å². The number of halogens is 5. The second-order valence-corrected chi connectivity index (χ2v) is 13.2. The van der Waals surface area contributed by atoms with Crippen LogP contribution in [0.2, 0.25) is 0 Å². The minimum absolute atomic E-state index is 0.00315. The van der Waals surface area contributed by atoms with Crippen LogP contribution < -0.4 is 9.62 Å². The van der Waals surface area contributed by atoms with Gasteiger partial charge in [0.05, 0.1) is 22.2 Å². The number of benzene rings is 1. The molecule has 2 aliphatic heterocycles. The second-order valence-electron chi connectivity index (χ2n) is 10.5. The molecular weight excluding hydrogens is 581 g/mol. The fourth-order valence-electron chi connectivity index (χ4n) is 5.26. The summed E-state index contributed by atoms with van der Waals surface area (Å²) in [6, 6.07) is 4.39. The highest BCUT2D eigenvalue weighted by atomic mass is 32.2. The van der Waals surface area contributed by atoms with E-state index in [9.17, 15) is 35.6 Å². The molecule has 1 aromatic carbocycles. The lowest BCUT2D eigenvalue weighted by atomic mass is 9.73. The Morgan fingerprint density at radius 1 is 1.15 bits per heavy atom. The number of nitriles is 1. The summed E-state index contributed by atoms with van der Waals surface area (Å²) in [7, 11) is -4.30. The number of hydrogen-bond donors (Lipinski definition) is 1. The Bertz CT molecular complexity index is 1610. The summed E-state index contributed by atoms with van der Waals surface area (Å²) in [5.74, 6) is 0. The molecule has 1 aliphatic carbocycles. The molecule has 1 spiro atoms. The number of nitrogens with zero attached hydrogens (tertiary/aromatic N) is 6. The predicted molar refractivity (Wildman–Crippen MR) is 132 cm³/mol. The third-order valence-corrected chi connectivity index (χ3v) is 9.96. The van der Waals surface area contributed by atoms with Crippen LogP contribution in [0.15, 0.2) is 17.0 Å². The first kappa shape index (κ1) is 27.2. The fraction of sp³-hybridized carbons (Fsp3) is 0.565. The topological polar surface area (TPSA) is 126 Å². The van der Waals surface area contributed by atoms with Gasteiger partial charge in [-0.15, -0.1) is 10.2 Å². The zero-order valence-electron chi connectivity index (χ0n) is 20.7. The standard InChI is InChI=1S/C23H22F5N7O3S2/c24-18(25)20-31-30-19(39-20)16-14-7-13(40(36,37)33-22(9-29)1-2-22)8-15(17(14)35(32-16)12-23(26,27)28)34-10-21(11-34)3-5-38-6-4-21/h7-8,18,33H,1-6,10-12H2. The van der Waals surface area contributed by atoms with Gasteiger partial charge in [-0.05, 0) is 37.8 Å². The summed E-state index contributed by atoms with van der Waals surface area (Å²) in [5.41, 5.74) is -1.34. The summed E-state index contributed by atoms with van der Waals surface area (Å²) < 4.78 is 103. The number of hydrogen-bond acceptors (Lipinski definition) is 9. The molecule has 3 fully saturated rings. The molecule has 2 saturated heterocycles. The minimum atomic E-state index is -4.68. The highest BCUT2D eigenvalue weighted by Crippen LogP contribution is 2.47. The molecule has 6 rings (SSSR count). The molecule has 214 valence electrons. The van der Waals surface area contributed by atoms with Crippen molar-refractivity contribution in [1.29, 1.82) is 5.26 Å². The summed E-state index contributed by atoms with van der Waals surface area (Å²) in [4.78, 5) is 1.52. The van der Waals surface area contributed by atoms with Gasteiger partial charge in [0.25, 0.3) is 6.43 Å². The number of sulfonamides is 1. The first-order valence-corrected chi connectivity index (χ1v) is 14.6. The largest absolute Gasteiger partial charge is 0.408 e. The monoisotopic (exact) mass is 603 g/mol. The van der Waals surface area contributed by atoms with Crippen LogP contribution >= 0.6 is 11.3 Å². The Hall–Kier alpha value is -2.94. The highest BCUT2D eigenvalue weighted by molar-refractivity contribution is 7.89. The van der Waals surface area contributed by atoms with Crippen molar-refractivity contribution in [2.24, 2.45) is 5.41 Å². The lowest BCUT2D eigenvalue weighted by molar-refractivity contribution is -0.141. The first-order valence-electron chi connectivity index (χ1n) is 12.3. The number of aromatic nitrogens is 4. The van der Waals surface area contributed by atoms with Gasteiger partial charge in [0.15, 0.2) is 10.0 Å².